The van der Waals surface area contributed by atoms with Crippen LogP contribution in [-0.2, 0) is 4.74 Å². The fourth-order valence-electron chi connectivity index (χ4n) is 2.70. The number of aromatic nitrogens is 1. The summed E-state index contributed by atoms with van der Waals surface area (Å²) in [6.45, 7) is 5.48. The molecule has 2 rings (SSSR count). The van der Waals surface area contributed by atoms with Crippen molar-refractivity contribution in [3.8, 4) is 0 Å². The molecule has 8 heteroatoms. The highest BCUT2D eigenvalue weighted by molar-refractivity contribution is 6.34. The van der Waals surface area contributed by atoms with Crippen molar-refractivity contribution in [2.75, 3.05) is 0 Å². The quantitative estimate of drug-likeness (QED) is 0.769. The summed E-state index contributed by atoms with van der Waals surface area (Å²) < 4.78 is 5.26. The monoisotopic (exact) mass is 387 g/mol. The Morgan fingerprint density at radius 2 is 1.68 bits per heavy atom. The molecule has 0 atom stereocenters. The maximum absolute atomic E-state index is 12.3. The Bertz CT molecular complexity index is 639. The summed E-state index contributed by atoms with van der Waals surface area (Å²) >= 11 is 11.8. The highest BCUT2D eigenvalue weighted by Gasteiger charge is 2.26. The number of nitrogens with one attached hydrogen (secondary N) is 2. The van der Waals surface area contributed by atoms with Crippen molar-refractivity contribution in [1.29, 1.82) is 0 Å². The van der Waals surface area contributed by atoms with Crippen LogP contribution in [0.5, 0.6) is 0 Å². The molecule has 2 amide bonds. The third-order valence-corrected chi connectivity index (χ3v) is 4.34. The minimum Gasteiger partial charge on any atom is -0.444 e. The standard InChI is InChI=1S/C17H23Cl2N3O3/c1-17(2,3)25-16(24)22-12-6-4-11(5-7-12)21-15(23)13-8-10(18)9-20-14(13)19/h8-9,11-12H,4-7H2,1-3H3,(H,21,23)(H,22,24)/t11-,12+. The summed E-state index contributed by atoms with van der Waals surface area (Å²) in [6, 6.07) is 1.58. The normalized spacial score (nSPS) is 20.7. The van der Waals surface area contributed by atoms with Crippen molar-refractivity contribution in [2.45, 2.75) is 64.1 Å². The lowest BCUT2D eigenvalue weighted by atomic mass is 9.91. The second-order valence-corrected chi connectivity index (χ2v) is 7.95. The van der Waals surface area contributed by atoms with Gasteiger partial charge >= 0.3 is 6.09 Å². The number of nitrogens with zero attached hydrogens (tertiary/aromatic N) is 1. The molecule has 0 aliphatic heterocycles. The average molecular weight is 388 g/mol. The Kier molecular flexibility index (Phi) is 6.52. The average Bonchev–Trinajstić information content (AvgIpc) is 2.49. The minimum atomic E-state index is -0.514. The summed E-state index contributed by atoms with van der Waals surface area (Å²) in [7, 11) is 0. The highest BCUT2D eigenvalue weighted by atomic mass is 35.5. The zero-order valence-electron chi connectivity index (χ0n) is 14.6. The lowest BCUT2D eigenvalue weighted by Gasteiger charge is -2.30. The van der Waals surface area contributed by atoms with E-state index < -0.39 is 11.7 Å². The number of rotatable bonds is 3. The van der Waals surface area contributed by atoms with Gasteiger partial charge in [0.2, 0.25) is 0 Å². The lowest BCUT2D eigenvalue weighted by molar-refractivity contribution is 0.0488. The van der Waals surface area contributed by atoms with Gasteiger partial charge in [0.05, 0.1) is 10.6 Å². The molecular weight excluding hydrogens is 365 g/mol. The number of halogens is 2. The molecule has 1 aromatic rings. The Hall–Kier alpha value is -1.53. The number of carbonyl (C=O) groups excluding carboxylic acids is 2. The summed E-state index contributed by atoms with van der Waals surface area (Å²) in [5.41, 5.74) is -0.248. The van der Waals surface area contributed by atoms with Crippen LogP contribution in [0, 0.1) is 0 Å². The number of hydrogen-bond acceptors (Lipinski definition) is 4. The maximum Gasteiger partial charge on any atom is 0.407 e. The zero-order chi connectivity index (χ0) is 18.6. The predicted molar refractivity (Wildman–Crippen MR) is 97.1 cm³/mol. The van der Waals surface area contributed by atoms with E-state index in [1.165, 1.54) is 12.3 Å². The van der Waals surface area contributed by atoms with E-state index in [0.29, 0.717) is 5.02 Å². The molecule has 1 saturated carbocycles. The number of carbonyl (C=O) groups is 2. The van der Waals surface area contributed by atoms with Crippen LogP contribution >= 0.6 is 23.2 Å². The largest absolute Gasteiger partial charge is 0.444 e. The molecule has 0 saturated heterocycles. The fraction of sp³-hybridized carbons (Fsp3) is 0.588. The topological polar surface area (TPSA) is 80.3 Å². The molecule has 0 spiro atoms. The summed E-state index contributed by atoms with van der Waals surface area (Å²) in [5.74, 6) is -0.288. The zero-order valence-corrected chi connectivity index (χ0v) is 16.1. The van der Waals surface area contributed by atoms with E-state index in [1.54, 1.807) is 0 Å². The number of ether oxygens (including phenoxy) is 1. The van der Waals surface area contributed by atoms with Crippen LogP contribution in [0.2, 0.25) is 10.2 Å². The SMILES string of the molecule is CC(C)(C)OC(=O)N[C@H]1CC[C@@H](NC(=O)c2cc(Cl)cnc2Cl)CC1. The van der Waals surface area contributed by atoms with Crippen LogP contribution in [-0.4, -0.2) is 34.7 Å². The highest BCUT2D eigenvalue weighted by Crippen LogP contribution is 2.22. The predicted octanol–water partition coefficient (Wildman–Crippen LogP) is 3.95. The first-order chi connectivity index (χ1) is 11.6. The van der Waals surface area contributed by atoms with Gasteiger partial charge in [-0.3, -0.25) is 4.79 Å². The Morgan fingerprint density at radius 3 is 2.24 bits per heavy atom. The Balaban J connectivity index is 1.81. The number of amides is 2. The van der Waals surface area contributed by atoms with E-state index in [1.807, 2.05) is 20.8 Å². The van der Waals surface area contributed by atoms with Crippen molar-refractivity contribution in [3.05, 3.63) is 28.0 Å². The second-order valence-electron chi connectivity index (χ2n) is 7.16. The molecule has 6 nitrogen and oxygen atoms in total. The third kappa shape index (κ3) is 6.36. The van der Waals surface area contributed by atoms with Crippen molar-refractivity contribution in [1.82, 2.24) is 15.6 Å². The van der Waals surface area contributed by atoms with Gasteiger partial charge in [-0.05, 0) is 52.5 Å². The molecule has 2 N–H and O–H groups in total. The molecular formula is C17H23Cl2N3O3. The molecule has 0 radical (unpaired) electrons. The molecule has 0 aromatic carbocycles. The van der Waals surface area contributed by atoms with Gasteiger partial charge in [0.15, 0.2) is 0 Å². The van der Waals surface area contributed by atoms with Gasteiger partial charge in [-0.25, -0.2) is 9.78 Å². The van der Waals surface area contributed by atoms with Crippen LogP contribution < -0.4 is 10.6 Å². The first kappa shape index (κ1) is 19.8. The molecule has 0 bridgehead atoms. The third-order valence-electron chi connectivity index (χ3n) is 3.83. The van der Waals surface area contributed by atoms with E-state index in [4.69, 9.17) is 27.9 Å². The van der Waals surface area contributed by atoms with E-state index >= 15 is 0 Å². The first-order valence-corrected chi connectivity index (χ1v) is 9.01. The van der Waals surface area contributed by atoms with E-state index in [2.05, 4.69) is 15.6 Å². The van der Waals surface area contributed by atoms with Crippen LogP contribution in [0.15, 0.2) is 12.3 Å². The number of alkyl carbamates (subject to hydrolysis) is 1. The Labute approximate surface area is 157 Å². The molecule has 1 aromatic heterocycles. The molecule has 1 heterocycles. The van der Waals surface area contributed by atoms with E-state index in [9.17, 15) is 9.59 Å². The first-order valence-electron chi connectivity index (χ1n) is 8.25. The fourth-order valence-corrected chi connectivity index (χ4v) is 3.05. The minimum absolute atomic E-state index is 0.0271. The molecule has 138 valence electrons. The summed E-state index contributed by atoms with van der Waals surface area (Å²) in [5, 5.41) is 6.31. The van der Waals surface area contributed by atoms with Gasteiger partial charge in [0.1, 0.15) is 10.8 Å². The lowest BCUT2D eigenvalue weighted by Crippen LogP contribution is -2.45. The van der Waals surface area contributed by atoms with Crippen LogP contribution in [0.25, 0.3) is 0 Å². The smallest absolute Gasteiger partial charge is 0.407 e. The van der Waals surface area contributed by atoms with Gasteiger partial charge in [-0.15, -0.1) is 0 Å². The molecule has 1 fully saturated rings. The number of pyridine rings is 1. The van der Waals surface area contributed by atoms with Gasteiger partial charge in [0, 0.05) is 18.3 Å². The van der Waals surface area contributed by atoms with Gasteiger partial charge in [0.25, 0.3) is 5.91 Å². The molecule has 1 aliphatic rings. The number of hydrogen-bond donors (Lipinski definition) is 2. The van der Waals surface area contributed by atoms with E-state index in [-0.39, 0.29) is 28.7 Å². The summed E-state index contributed by atoms with van der Waals surface area (Å²) in [6.07, 6.45) is 4.05. The van der Waals surface area contributed by atoms with Crippen LogP contribution in [0.3, 0.4) is 0 Å². The van der Waals surface area contributed by atoms with Crippen LogP contribution in [0.4, 0.5) is 4.79 Å². The van der Waals surface area contributed by atoms with E-state index in [0.717, 1.165) is 25.7 Å². The van der Waals surface area contributed by atoms with Crippen LogP contribution in [0.1, 0.15) is 56.8 Å². The van der Waals surface area contributed by atoms with Gasteiger partial charge < -0.3 is 15.4 Å². The summed E-state index contributed by atoms with van der Waals surface area (Å²) in [4.78, 5) is 28.0. The van der Waals surface area contributed by atoms with Crippen molar-refractivity contribution >= 4 is 35.2 Å². The molecule has 1 aliphatic carbocycles. The molecule has 0 unspecified atom stereocenters. The van der Waals surface area contributed by atoms with Crippen molar-refractivity contribution < 1.29 is 14.3 Å². The van der Waals surface area contributed by atoms with Gasteiger partial charge in [-0.1, -0.05) is 23.2 Å². The molecule has 25 heavy (non-hydrogen) atoms. The van der Waals surface area contributed by atoms with Crippen molar-refractivity contribution in [2.24, 2.45) is 0 Å². The maximum atomic E-state index is 12.3. The van der Waals surface area contributed by atoms with Crippen molar-refractivity contribution in [3.63, 3.8) is 0 Å². The van der Waals surface area contributed by atoms with Gasteiger partial charge in [-0.2, -0.15) is 0 Å². The Morgan fingerprint density at radius 1 is 1.12 bits per heavy atom. The second kappa shape index (κ2) is 8.23.